The van der Waals surface area contributed by atoms with Gasteiger partial charge in [-0.05, 0) is 37.2 Å². The lowest BCUT2D eigenvalue weighted by Gasteiger charge is -2.15. The number of hydrogen-bond acceptors (Lipinski definition) is 2. The Bertz CT molecular complexity index is 453. The minimum absolute atomic E-state index is 0.334. The van der Waals surface area contributed by atoms with E-state index in [2.05, 4.69) is 11.4 Å². The molecule has 1 aromatic heterocycles. The smallest absolute Gasteiger partial charge is 0.105 e. The van der Waals surface area contributed by atoms with Crippen molar-refractivity contribution in [3.05, 3.63) is 59.0 Å². The first-order chi connectivity index (χ1) is 8.29. The van der Waals surface area contributed by atoms with Crippen molar-refractivity contribution in [2.75, 3.05) is 7.05 Å². The molecule has 0 saturated heterocycles. The number of nitrogens with one attached hydrogen (secondary N) is 1. The summed E-state index contributed by atoms with van der Waals surface area (Å²) in [6.45, 7) is 0. The fourth-order valence-corrected chi connectivity index (χ4v) is 2.09. The molecule has 0 saturated carbocycles. The molecule has 0 aliphatic heterocycles. The maximum Gasteiger partial charge on any atom is 0.105 e. The van der Waals surface area contributed by atoms with E-state index in [4.69, 9.17) is 16.0 Å². The molecule has 0 amide bonds. The zero-order valence-electron chi connectivity index (χ0n) is 9.82. The van der Waals surface area contributed by atoms with Crippen LogP contribution in [0.4, 0.5) is 0 Å². The zero-order valence-corrected chi connectivity index (χ0v) is 10.6. The molecule has 0 aliphatic carbocycles. The number of rotatable bonds is 5. The van der Waals surface area contributed by atoms with E-state index in [1.165, 1.54) is 5.56 Å². The molecule has 2 nitrogen and oxygen atoms in total. The van der Waals surface area contributed by atoms with E-state index in [0.29, 0.717) is 6.04 Å². The summed E-state index contributed by atoms with van der Waals surface area (Å²) in [6, 6.07) is 12.2. The molecule has 2 rings (SSSR count). The standard InChI is InChI=1S/C14H16ClNO/c1-16-12(10-13-6-4-8-17-13)9-11-5-2-3-7-14(11)15/h2-8,12,16H,9-10H2,1H3. The van der Waals surface area contributed by atoms with Crippen molar-refractivity contribution in [1.82, 2.24) is 5.32 Å². The molecule has 1 aromatic carbocycles. The average Bonchev–Trinajstić information content (AvgIpc) is 2.84. The van der Waals surface area contributed by atoms with E-state index in [0.717, 1.165) is 23.6 Å². The summed E-state index contributed by atoms with van der Waals surface area (Å²) in [7, 11) is 1.96. The molecule has 90 valence electrons. The summed E-state index contributed by atoms with van der Waals surface area (Å²) in [4.78, 5) is 0. The Morgan fingerprint density at radius 1 is 1.18 bits per heavy atom. The molecule has 1 heterocycles. The van der Waals surface area contributed by atoms with Crippen molar-refractivity contribution in [3.8, 4) is 0 Å². The van der Waals surface area contributed by atoms with Crippen LogP contribution in [0.5, 0.6) is 0 Å². The summed E-state index contributed by atoms with van der Waals surface area (Å²) in [5.41, 5.74) is 1.17. The van der Waals surface area contributed by atoms with Crippen LogP contribution in [0.15, 0.2) is 47.1 Å². The summed E-state index contributed by atoms with van der Waals surface area (Å²) in [5, 5.41) is 4.12. The van der Waals surface area contributed by atoms with E-state index < -0.39 is 0 Å². The third-order valence-electron chi connectivity index (χ3n) is 2.86. The molecule has 0 bridgehead atoms. The Hall–Kier alpha value is -1.25. The summed E-state index contributed by atoms with van der Waals surface area (Å²) >= 11 is 6.16. The van der Waals surface area contributed by atoms with Crippen LogP contribution in [-0.4, -0.2) is 13.1 Å². The van der Waals surface area contributed by atoms with Gasteiger partial charge in [0.25, 0.3) is 0 Å². The first-order valence-corrected chi connectivity index (χ1v) is 6.10. The summed E-state index contributed by atoms with van der Waals surface area (Å²) in [5.74, 6) is 0.997. The fourth-order valence-electron chi connectivity index (χ4n) is 1.88. The highest BCUT2D eigenvalue weighted by atomic mass is 35.5. The van der Waals surface area contributed by atoms with Gasteiger partial charge < -0.3 is 9.73 Å². The molecule has 0 spiro atoms. The van der Waals surface area contributed by atoms with Gasteiger partial charge in [-0.25, -0.2) is 0 Å². The molecule has 1 unspecified atom stereocenters. The monoisotopic (exact) mass is 249 g/mol. The van der Waals surface area contributed by atoms with Gasteiger partial charge in [0, 0.05) is 17.5 Å². The highest BCUT2D eigenvalue weighted by Gasteiger charge is 2.11. The molecule has 0 fully saturated rings. The minimum atomic E-state index is 0.334. The van der Waals surface area contributed by atoms with Crippen LogP contribution in [-0.2, 0) is 12.8 Å². The van der Waals surface area contributed by atoms with E-state index in [9.17, 15) is 0 Å². The average molecular weight is 250 g/mol. The number of likely N-dealkylation sites (N-methyl/N-ethyl adjacent to an activating group) is 1. The second kappa shape index (κ2) is 5.89. The summed E-state index contributed by atoms with van der Waals surface area (Å²) < 4.78 is 5.36. The molecule has 1 atom stereocenters. The van der Waals surface area contributed by atoms with Crippen molar-refractivity contribution in [1.29, 1.82) is 0 Å². The molecule has 2 aromatic rings. The lowest BCUT2D eigenvalue weighted by Crippen LogP contribution is -2.29. The van der Waals surface area contributed by atoms with Crippen LogP contribution >= 0.6 is 11.6 Å². The lowest BCUT2D eigenvalue weighted by molar-refractivity contribution is 0.456. The van der Waals surface area contributed by atoms with Gasteiger partial charge in [-0.2, -0.15) is 0 Å². The third-order valence-corrected chi connectivity index (χ3v) is 3.23. The van der Waals surface area contributed by atoms with Gasteiger partial charge in [0.15, 0.2) is 0 Å². The van der Waals surface area contributed by atoms with Gasteiger partial charge in [0.05, 0.1) is 6.26 Å². The minimum Gasteiger partial charge on any atom is -0.469 e. The van der Waals surface area contributed by atoms with Gasteiger partial charge in [0.1, 0.15) is 5.76 Å². The quantitative estimate of drug-likeness (QED) is 0.880. The second-order valence-corrected chi connectivity index (χ2v) is 4.47. The number of halogens is 1. The zero-order chi connectivity index (χ0) is 12.1. The van der Waals surface area contributed by atoms with Crippen molar-refractivity contribution in [2.45, 2.75) is 18.9 Å². The van der Waals surface area contributed by atoms with Crippen molar-refractivity contribution in [2.24, 2.45) is 0 Å². The normalized spacial score (nSPS) is 12.6. The summed E-state index contributed by atoms with van der Waals surface area (Å²) in [6.07, 6.45) is 3.48. The molecule has 1 N–H and O–H groups in total. The Morgan fingerprint density at radius 3 is 2.65 bits per heavy atom. The Kier molecular flexibility index (Phi) is 4.24. The molecule has 0 aliphatic rings. The maximum atomic E-state index is 6.16. The first-order valence-electron chi connectivity index (χ1n) is 5.72. The van der Waals surface area contributed by atoms with Crippen LogP contribution in [0.1, 0.15) is 11.3 Å². The predicted molar refractivity (Wildman–Crippen MR) is 70.4 cm³/mol. The van der Waals surface area contributed by atoms with Gasteiger partial charge in [-0.15, -0.1) is 0 Å². The van der Waals surface area contributed by atoms with E-state index in [1.54, 1.807) is 6.26 Å². The molecular weight excluding hydrogens is 234 g/mol. The highest BCUT2D eigenvalue weighted by molar-refractivity contribution is 6.31. The molecular formula is C14H16ClNO. The molecule has 3 heteroatoms. The predicted octanol–water partition coefficient (Wildman–Crippen LogP) is 3.31. The van der Waals surface area contributed by atoms with Gasteiger partial charge in [-0.1, -0.05) is 29.8 Å². The maximum absolute atomic E-state index is 6.16. The fraction of sp³-hybridized carbons (Fsp3) is 0.286. The van der Waals surface area contributed by atoms with Crippen molar-refractivity contribution >= 4 is 11.6 Å². The number of furan rings is 1. The highest BCUT2D eigenvalue weighted by Crippen LogP contribution is 2.18. The van der Waals surface area contributed by atoms with Crippen LogP contribution in [0.25, 0.3) is 0 Å². The Labute approximate surface area is 107 Å². The molecule has 0 radical (unpaired) electrons. The Balaban J connectivity index is 2.03. The van der Waals surface area contributed by atoms with Gasteiger partial charge >= 0.3 is 0 Å². The first kappa shape index (κ1) is 12.2. The van der Waals surface area contributed by atoms with E-state index in [-0.39, 0.29) is 0 Å². The van der Waals surface area contributed by atoms with Crippen molar-refractivity contribution in [3.63, 3.8) is 0 Å². The Morgan fingerprint density at radius 2 is 2.00 bits per heavy atom. The van der Waals surface area contributed by atoms with Crippen LogP contribution < -0.4 is 5.32 Å². The van der Waals surface area contributed by atoms with E-state index in [1.807, 2.05) is 37.4 Å². The van der Waals surface area contributed by atoms with Crippen LogP contribution in [0, 0.1) is 0 Å². The number of hydrogen-bond donors (Lipinski definition) is 1. The van der Waals surface area contributed by atoms with Crippen molar-refractivity contribution < 1.29 is 4.42 Å². The number of benzene rings is 1. The van der Waals surface area contributed by atoms with Gasteiger partial charge in [0.2, 0.25) is 0 Å². The van der Waals surface area contributed by atoms with Gasteiger partial charge in [-0.3, -0.25) is 0 Å². The SMILES string of the molecule is CNC(Cc1ccco1)Cc1ccccc1Cl. The largest absolute Gasteiger partial charge is 0.469 e. The second-order valence-electron chi connectivity index (χ2n) is 4.06. The van der Waals surface area contributed by atoms with Crippen LogP contribution in [0.3, 0.4) is 0 Å². The molecule has 17 heavy (non-hydrogen) atoms. The topological polar surface area (TPSA) is 25.2 Å². The third kappa shape index (κ3) is 3.35. The lowest BCUT2D eigenvalue weighted by atomic mass is 10.0. The van der Waals surface area contributed by atoms with E-state index >= 15 is 0 Å². The van der Waals surface area contributed by atoms with Crippen LogP contribution in [0.2, 0.25) is 5.02 Å².